The van der Waals surface area contributed by atoms with Crippen LogP contribution in [0.3, 0.4) is 0 Å². The molecule has 1 unspecified atom stereocenters. The molecule has 1 heterocycles. The SMILES string of the molecule is Cc1ccc(C(C)NC(=O)c2c(-c3c(F)cccc3Cl)noc2C)cc1. The number of hydrogen-bond donors (Lipinski definition) is 1. The van der Waals surface area contributed by atoms with Crippen LogP contribution >= 0.6 is 11.6 Å². The molecule has 0 saturated carbocycles. The van der Waals surface area contributed by atoms with Crippen LogP contribution in [-0.2, 0) is 0 Å². The van der Waals surface area contributed by atoms with Crippen molar-refractivity contribution in [3.05, 3.63) is 75.8 Å². The van der Waals surface area contributed by atoms with Gasteiger partial charge in [-0.15, -0.1) is 0 Å². The molecular formula is C20H18ClFN2O2. The maximum Gasteiger partial charge on any atom is 0.257 e. The molecule has 1 aromatic heterocycles. The van der Waals surface area contributed by atoms with E-state index >= 15 is 0 Å². The summed E-state index contributed by atoms with van der Waals surface area (Å²) < 4.78 is 19.4. The molecule has 26 heavy (non-hydrogen) atoms. The Hall–Kier alpha value is -2.66. The first kappa shape index (κ1) is 18.1. The van der Waals surface area contributed by atoms with Gasteiger partial charge in [0.1, 0.15) is 22.8 Å². The standard InChI is InChI=1S/C20H18ClFN2O2/c1-11-7-9-14(10-8-11)12(2)23-20(25)17-13(3)26-24-19(17)18-15(21)5-4-6-16(18)22/h4-10,12H,1-3H3,(H,23,25). The molecule has 3 aromatic rings. The predicted octanol–water partition coefficient (Wildman–Crippen LogP) is 5.24. The van der Waals surface area contributed by atoms with Gasteiger partial charge in [-0.3, -0.25) is 4.79 Å². The summed E-state index contributed by atoms with van der Waals surface area (Å²) in [5.74, 6) is -0.662. The van der Waals surface area contributed by atoms with Crippen LogP contribution in [0, 0.1) is 19.7 Å². The maximum absolute atomic E-state index is 14.3. The van der Waals surface area contributed by atoms with Crippen molar-refractivity contribution in [1.82, 2.24) is 10.5 Å². The van der Waals surface area contributed by atoms with E-state index in [2.05, 4.69) is 10.5 Å². The van der Waals surface area contributed by atoms with Crippen molar-refractivity contribution in [3.63, 3.8) is 0 Å². The average molecular weight is 373 g/mol. The van der Waals surface area contributed by atoms with Crippen molar-refractivity contribution < 1.29 is 13.7 Å². The Kier molecular flexibility index (Phi) is 5.09. The number of amides is 1. The number of rotatable bonds is 4. The zero-order valence-corrected chi connectivity index (χ0v) is 15.4. The number of nitrogens with one attached hydrogen (secondary N) is 1. The molecule has 4 nitrogen and oxygen atoms in total. The maximum atomic E-state index is 14.3. The minimum Gasteiger partial charge on any atom is -0.360 e. The lowest BCUT2D eigenvalue weighted by Gasteiger charge is -2.15. The summed E-state index contributed by atoms with van der Waals surface area (Å²) in [6, 6.07) is 11.9. The lowest BCUT2D eigenvalue weighted by molar-refractivity contribution is 0.0939. The van der Waals surface area contributed by atoms with Gasteiger partial charge in [0.2, 0.25) is 0 Å². The number of benzene rings is 2. The molecule has 0 aliphatic carbocycles. The number of nitrogens with zero attached hydrogens (tertiary/aromatic N) is 1. The summed E-state index contributed by atoms with van der Waals surface area (Å²) in [4.78, 5) is 12.8. The summed E-state index contributed by atoms with van der Waals surface area (Å²) in [5, 5.41) is 6.93. The van der Waals surface area contributed by atoms with Gasteiger partial charge in [-0.1, -0.05) is 52.7 Å². The average Bonchev–Trinajstić information content (AvgIpc) is 2.96. The van der Waals surface area contributed by atoms with E-state index in [9.17, 15) is 9.18 Å². The summed E-state index contributed by atoms with van der Waals surface area (Å²) >= 11 is 6.11. The van der Waals surface area contributed by atoms with Gasteiger partial charge >= 0.3 is 0 Å². The number of halogens is 2. The molecule has 0 radical (unpaired) electrons. The van der Waals surface area contributed by atoms with Crippen LogP contribution in [0.1, 0.15) is 40.2 Å². The summed E-state index contributed by atoms with van der Waals surface area (Å²) in [7, 11) is 0. The molecule has 0 fully saturated rings. The summed E-state index contributed by atoms with van der Waals surface area (Å²) in [5.41, 5.74) is 2.43. The van der Waals surface area contributed by atoms with Crippen molar-refractivity contribution in [2.24, 2.45) is 0 Å². The molecule has 0 bridgehead atoms. The highest BCUT2D eigenvalue weighted by Crippen LogP contribution is 2.33. The van der Waals surface area contributed by atoms with Crippen LogP contribution in [0.2, 0.25) is 5.02 Å². The van der Waals surface area contributed by atoms with Crippen molar-refractivity contribution >= 4 is 17.5 Å². The molecule has 0 aliphatic heterocycles. The minimum atomic E-state index is -0.563. The zero-order valence-electron chi connectivity index (χ0n) is 14.6. The van der Waals surface area contributed by atoms with Gasteiger partial charge in [-0.25, -0.2) is 4.39 Å². The minimum absolute atomic E-state index is 0.0548. The van der Waals surface area contributed by atoms with Crippen LogP contribution in [0.4, 0.5) is 4.39 Å². The molecule has 1 N–H and O–H groups in total. The molecule has 134 valence electrons. The lowest BCUT2D eigenvalue weighted by atomic mass is 10.0. The number of carbonyl (C=O) groups excluding carboxylic acids is 1. The van der Waals surface area contributed by atoms with E-state index in [4.69, 9.17) is 16.1 Å². The highest BCUT2D eigenvalue weighted by molar-refractivity contribution is 6.33. The van der Waals surface area contributed by atoms with Gasteiger partial charge in [-0.05, 0) is 38.5 Å². The van der Waals surface area contributed by atoms with Crippen molar-refractivity contribution in [3.8, 4) is 11.3 Å². The third-order valence-electron chi connectivity index (χ3n) is 4.21. The van der Waals surface area contributed by atoms with Crippen LogP contribution in [0.5, 0.6) is 0 Å². The second-order valence-corrected chi connectivity index (χ2v) is 6.57. The van der Waals surface area contributed by atoms with Gasteiger partial charge in [-0.2, -0.15) is 0 Å². The number of aromatic nitrogens is 1. The van der Waals surface area contributed by atoms with Crippen molar-refractivity contribution in [1.29, 1.82) is 0 Å². The summed E-state index contributed by atoms with van der Waals surface area (Å²) in [6.07, 6.45) is 0. The van der Waals surface area contributed by atoms with Gasteiger partial charge < -0.3 is 9.84 Å². The summed E-state index contributed by atoms with van der Waals surface area (Å²) in [6.45, 7) is 5.48. The number of hydrogen-bond acceptors (Lipinski definition) is 3. The first-order valence-electron chi connectivity index (χ1n) is 8.16. The fraction of sp³-hybridized carbons (Fsp3) is 0.200. The van der Waals surface area contributed by atoms with E-state index in [1.165, 1.54) is 12.1 Å². The van der Waals surface area contributed by atoms with Crippen LogP contribution in [0.15, 0.2) is 47.0 Å². The lowest BCUT2D eigenvalue weighted by Crippen LogP contribution is -2.27. The quantitative estimate of drug-likeness (QED) is 0.681. The Morgan fingerprint density at radius 2 is 1.88 bits per heavy atom. The molecule has 1 atom stereocenters. The van der Waals surface area contributed by atoms with Gasteiger partial charge in [0.15, 0.2) is 0 Å². The Bertz CT molecular complexity index is 931. The third kappa shape index (κ3) is 3.48. The van der Waals surface area contributed by atoms with Gasteiger partial charge in [0, 0.05) is 0 Å². The molecule has 2 aromatic carbocycles. The molecule has 0 saturated heterocycles. The fourth-order valence-corrected chi connectivity index (χ4v) is 2.99. The Morgan fingerprint density at radius 3 is 2.54 bits per heavy atom. The topological polar surface area (TPSA) is 55.1 Å². The monoisotopic (exact) mass is 372 g/mol. The Morgan fingerprint density at radius 1 is 1.19 bits per heavy atom. The third-order valence-corrected chi connectivity index (χ3v) is 4.53. The zero-order chi connectivity index (χ0) is 18.8. The molecule has 6 heteroatoms. The highest BCUT2D eigenvalue weighted by atomic mass is 35.5. The smallest absolute Gasteiger partial charge is 0.257 e. The number of carbonyl (C=O) groups is 1. The number of aryl methyl sites for hydroxylation is 2. The predicted molar refractivity (Wildman–Crippen MR) is 98.7 cm³/mol. The first-order valence-corrected chi connectivity index (χ1v) is 8.54. The van der Waals surface area contributed by atoms with Gasteiger partial charge in [0.25, 0.3) is 5.91 Å². The molecule has 3 rings (SSSR count). The van der Waals surface area contributed by atoms with E-state index in [1.54, 1.807) is 13.0 Å². The second-order valence-electron chi connectivity index (χ2n) is 6.16. The molecule has 0 aliphatic rings. The van der Waals surface area contributed by atoms with Crippen molar-refractivity contribution in [2.75, 3.05) is 0 Å². The van der Waals surface area contributed by atoms with E-state index in [1.807, 2.05) is 38.1 Å². The Labute approximate surface area is 156 Å². The highest BCUT2D eigenvalue weighted by Gasteiger charge is 2.26. The first-order chi connectivity index (χ1) is 12.4. The molecule has 1 amide bonds. The fourth-order valence-electron chi connectivity index (χ4n) is 2.74. The largest absolute Gasteiger partial charge is 0.360 e. The molecule has 0 spiro atoms. The van der Waals surface area contributed by atoms with Crippen LogP contribution < -0.4 is 5.32 Å². The normalized spacial score (nSPS) is 12.0. The Balaban J connectivity index is 1.93. The van der Waals surface area contributed by atoms with Crippen LogP contribution in [0.25, 0.3) is 11.3 Å². The van der Waals surface area contributed by atoms with Crippen molar-refractivity contribution in [2.45, 2.75) is 26.8 Å². The second kappa shape index (κ2) is 7.30. The van der Waals surface area contributed by atoms with E-state index < -0.39 is 11.7 Å². The van der Waals surface area contributed by atoms with E-state index in [0.29, 0.717) is 5.76 Å². The molecular weight excluding hydrogens is 355 g/mol. The van der Waals surface area contributed by atoms with E-state index in [-0.39, 0.29) is 27.9 Å². The van der Waals surface area contributed by atoms with Crippen LogP contribution in [-0.4, -0.2) is 11.1 Å². The van der Waals surface area contributed by atoms with Gasteiger partial charge in [0.05, 0.1) is 16.6 Å². The van der Waals surface area contributed by atoms with E-state index in [0.717, 1.165) is 11.1 Å².